The number of nitrogens with one attached hydrogen (secondary N) is 1. The number of nitrogens with zero attached hydrogens (tertiary/aromatic N) is 1. The number of aliphatic hydroxyl groups excluding tert-OH is 1. The highest BCUT2D eigenvalue weighted by molar-refractivity contribution is 5.51. The van der Waals surface area contributed by atoms with Crippen LogP contribution in [0.4, 0.5) is 11.4 Å². The van der Waals surface area contributed by atoms with Crippen molar-refractivity contribution in [3.8, 4) is 0 Å². The maximum atomic E-state index is 10.6. The van der Waals surface area contributed by atoms with Crippen molar-refractivity contribution in [1.29, 1.82) is 0 Å². The molecule has 5 nitrogen and oxygen atoms in total. The van der Waals surface area contributed by atoms with Crippen LogP contribution in [0.2, 0.25) is 0 Å². The van der Waals surface area contributed by atoms with E-state index in [4.69, 9.17) is 0 Å². The topological polar surface area (TPSA) is 75.4 Å². The number of nitro groups is 1. The quantitative estimate of drug-likeness (QED) is 0.623. The van der Waals surface area contributed by atoms with Crippen LogP contribution in [0.15, 0.2) is 24.3 Å². The molecule has 92 valence electrons. The van der Waals surface area contributed by atoms with Crippen LogP contribution in [-0.4, -0.2) is 22.2 Å². The highest BCUT2D eigenvalue weighted by Gasteiger charge is 2.19. The molecule has 0 atom stereocenters. The van der Waals surface area contributed by atoms with Crippen LogP contribution in [0.1, 0.15) is 25.7 Å². The molecule has 0 aliphatic heterocycles. The van der Waals surface area contributed by atoms with Crippen LogP contribution in [0.3, 0.4) is 0 Å². The SMILES string of the molecule is O=[N+]([O-])c1cccc(NC2CCC(O)CC2)c1. The van der Waals surface area contributed by atoms with Gasteiger partial charge in [0.05, 0.1) is 11.0 Å². The van der Waals surface area contributed by atoms with Gasteiger partial charge in [0.25, 0.3) is 5.69 Å². The average molecular weight is 236 g/mol. The van der Waals surface area contributed by atoms with Gasteiger partial charge in [-0.15, -0.1) is 0 Å². The number of aliphatic hydroxyl groups is 1. The van der Waals surface area contributed by atoms with Gasteiger partial charge in [-0.05, 0) is 31.7 Å². The highest BCUT2D eigenvalue weighted by Crippen LogP contribution is 2.24. The summed E-state index contributed by atoms with van der Waals surface area (Å²) in [5, 5.41) is 23.3. The number of nitro benzene ring substituents is 1. The molecule has 0 radical (unpaired) electrons. The van der Waals surface area contributed by atoms with E-state index < -0.39 is 4.92 Å². The first-order valence-electron chi connectivity index (χ1n) is 5.84. The molecule has 0 heterocycles. The normalized spacial score (nSPS) is 24.3. The molecule has 1 aliphatic rings. The minimum Gasteiger partial charge on any atom is -0.393 e. The number of hydrogen-bond acceptors (Lipinski definition) is 4. The lowest BCUT2D eigenvalue weighted by Gasteiger charge is -2.26. The second kappa shape index (κ2) is 5.14. The van der Waals surface area contributed by atoms with Crippen LogP contribution in [-0.2, 0) is 0 Å². The summed E-state index contributed by atoms with van der Waals surface area (Å²) in [5.41, 5.74) is 0.881. The third kappa shape index (κ3) is 3.17. The third-order valence-corrected chi connectivity index (χ3v) is 3.12. The van der Waals surface area contributed by atoms with Crippen molar-refractivity contribution >= 4 is 11.4 Å². The molecule has 1 aromatic rings. The Morgan fingerprint density at radius 2 is 2.00 bits per heavy atom. The van der Waals surface area contributed by atoms with E-state index in [1.807, 2.05) is 6.07 Å². The molecule has 0 saturated heterocycles. The summed E-state index contributed by atoms with van der Waals surface area (Å²) < 4.78 is 0. The number of benzene rings is 1. The monoisotopic (exact) mass is 236 g/mol. The Hall–Kier alpha value is -1.62. The van der Waals surface area contributed by atoms with E-state index in [1.54, 1.807) is 12.1 Å². The number of non-ortho nitro benzene ring substituents is 1. The van der Waals surface area contributed by atoms with E-state index in [2.05, 4.69) is 5.32 Å². The Labute approximate surface area is 99.6 Å². The van der Waals surface area contributed by atoms with E-state index in [0.717, 1.165) is 31.4 Å². The minimum atomic E-state index is -0.393. The molecule has 1 saturated carbocycles. The molecule has 0 amide bonds. The van der Waals surface area contributed by atoms with Crippen molar-refractivity contribution < 1.29 is 10.0 Å². The molecule has 1 aromatic carbocycles. The maximum absolute atomic E-state index is 10.6. The standard InChI is InChI=1S/C12H16N2O3/c15-12-6-4-9(5-7-12)13-10-2-1-3-11(8-10)14(16)17/h1-3,8-9,12-13,15H,4-7H2. The molecule has 5 heteroatoms. The van der Waals surface area contributed by atoms with Crippen molar-refractivity contribution in [3.05, 3.63) is 34.4 Å². The molecule has 0 unspecified atom stereocenters. The van der Waals surface area contributed by atoms with Gasteiger partial charge in [-0.1, -0.05) is 6.07 Å². The predicted molar refractivity (Wildman–Crippen MR) is 65.0 cm³/mol. The Bertz CT molecular complexity index is 400. The van der Waals surface area contributed by atoms with Gasteiger partial charge in [0, 0.05) is 23.9 Å². The molecule has 0 bridgehead atoms. The first-order chi connectivity index (χ1) is 8.15. The van der Waals surface area contributed by atoms with Crippen LogP contribution in [0, 0.1) is 10.1 Å². The largest absolute Gasteiger partial charge is 0.393 e. The van der Waals surface area contributed by atoms with Crippen LogP contribution in [0.5, 0.6) is 0 Å². The van der Waals surface area contributed by atoms with Crippen molar-refractivity contribution in [2.24, 2.45) is 0 Å². The molecular weight excluding hydrogens is 220 g/mol. The fraction of sp³-hybridized carbons (Fsp3) is 0.500. The van der Waals surface area contributed by atoms with Crippen LogP contribution < -0.4 is 5.32 Å². The summed E-state index contributed by atoms with van der Waals surface area (Å²) in [6.45, 7) is 0. The number of rotatable bonds is 3. The summed E-state index contributed by atoms with van der Waals surface area (Å²) >= 11 is 0. The maximum Gasteiger partial charge on any atom is 0.271 e. The Balaban J connectivity index is 1.98. The van der Waals surface area contributed by atoms with Gasteiger partial charge in [0.15, 0.2) is 0 Å². The lowest BCUT2D eigenvalue weighted by molar-refractivity contribution is -0.384. The van der Waals surface area contributed by atoms with Gasteiger partial charge < -0.3 is 10.4 Å². The summed E-state index contributed by atoms with van der Waals surface area (Å²) in [5.74, 6) is 0. The fourth-order valence-electron chi connectivity index (χ4n) is 2.17. The van der Waals surface area contributed by atoms with E-state index in [9.17, 15) is 15.2 Å². The van der Waals surface area contributed by atoms with E-state index in [1.165, 1.54) is 6.07 Å². The van der Waals surface area contributed by atoms with Crippen molar-refractivity contribution in [2.45, 2.75) is 37.8 Å². The smallest absolute Gasteiger partial charge is 0.271 e. The highest BCUT2D eigenvalue weighted by atomic mass is 16.6. The van der Waals surface area contributed by atoms with Gasteiger partial charge in [-0.2, -0.15) is 0 Å². The molecule has 1 aliphatic carbocycles. The van der Waals surface area contributed by atoms with Gasteiger partial charge in [0.1, 0.15) is 0 Å². The molecule has 2 N–H and O–H groups in total. The van der Waals surface area contributed by atoms with Crippen molar-refractivity contribution in [2.75, 3.05) is 5.32 Å². The number of anilines is 1. The summed E-state index contributed by atoms with van der Waals surface area (Å²) in [6.07, 6.45) is 3.23. The Kier molecular flexibility index (Phi) is 3.58. The minimum absolute atomic E-state index is 0.103. The molecule has 2 rings (SSSR count). The zero-order valence-electron chi connectivity index (χ0n) is 9.50. The van der Waals surface area contributed by atoms with Crippen LogP contribution in [0.25, 0.3) is 0 Å². The second-order valence-electron chi connectivity index (χ2n) is 4.46. The number of hydrogen-bond donors (Lipinski definition) is 2. The van der Waals surface area contributed by atoms with Crippen molar-refractivity contribution in [3.63, 3.8) is 0 Å². The average Bonchev–Trinajstić information content (AvgIpc) is 2.32. The summed E-state index contributed by atoms with van der Waals surface area (Å²) in [7, 11) is 0. The third-order valence-electron chi connectivity index (χ3n) is 3.12. The van der Waals surface area contributed by atoms with Crippen molar-refractivity contribution in [1.82, 2.24) is 0 Å². The molecule has 1 fully saturated rings. The van der Waals surface area contributed by atoms with Gasteiger partial charge >= 0.3 is 0 Å². The zero-order chi connectivity index (χ0) is 12.3. The Morgan fingerprint density at radius 3 is 2.65 bits per heavy atom. The summed E-state index contributed by atoms with van der Waals surface area (Å²) in [4.78, 5) is 10.2. The van der Waals surface area contributed by atoms with E-state index >= 15 is 0 Å². The first kappa shape index (κ1) is 11.9. The van der Waals surface area contributed by atoms with Gasteiger partial charge in [-0.3, -0.25) is 10.1 Å². The zero-order valence-corrected chi connectivity index (χ0v) is 9.50. The lowest BCUT2D eigenvalue weighted by Crippen LogP contribution is -2.28. The van der Waals surface area contributed by atoms with E-state index in [0.29, 0.717) is 6.04 Å². The summed E-state index contributed by atoms with van der Waals surface area (Å²) in [6, 6.07) is 6.84. The lowest BCUT2D eigenvalue weighted by atomic mass is 9.93. The van der Waals surface area contributed by atoms with Gasteiger partial charge in [-0.25, -0.2) is 0 Å². The van der Waals surface area contributed by atoms with E-state index in [-0.39, 0.29) is 11.8 Å². The molecule has 0 aromatic heterocycles. The molecule has 17 heavy (non-hydrogen) atoms. The predicted octanol–water partition coefficient (Wildman–Crippen LogP) is 2.31. The first-order valence-corrected chi connectivity index (χ1v) is 5.84. The molecular formula is C12H16N2O3. The Morgan fingerprint density at radius 1 is 1.29 bits per heavy atom. The molecule has 0 spiro atoms. The van der Waals surface area contributed by atoms with Crippen LogP contribution >= 0.6 is 0 Å². The fourth-order valence-corrected chi connectivity index (χ4v) is 2.17. The van der Waals surface area contributed by atoms with Gasteiger partial charge in [0.2, 0.25) is 0 Å². The second-order valence-corrected chi connectivity index (χ2v) is 4.46.